The lowest BCUT2D eigenvalue weighted by molar-refractivity contribution is -0.130. The molecule has 2 aromatic rings. The van der Waals surface area contributed by atoms with Crippen LogP contribution < -0.4 is 4.80 Å². The maximum atomic E-state index is 12.4. The minimum Gasteiger partial charge on any atom is -0.341 e. The predicted octanol–water partition coefficient (Wildman–Crippen LogP) is 3.53. The molecule has 0 aliphatic carbocycles. The Bertz CT molecular complexity index is 882. The van der Waals surface area contributed by atoms with Gasteiger partial charge in [0.05, 0.1) is 10.0 Å². The van der Waals surface area contributed by atoms with Crippen molar-refractivity contribution in [3.63, 3.8) is 0 Å². The number of thiazole rings is 1. The summed E-state index contributed by atoms with van der Waals surface area (Å²) < 4.78 is 1.78. The van der Waals surface area contributed by atoms with E-state index >= 15 is 0 Å². The number of hydrogen-bond acceptors (Lipinski definition) is 3. The minimum atomic E-state index is -0.414. The Kier molecular flexibility index (Phi) is 5.61. The van der Waals surface area contributed by atoms with Gasteiger partial charge in [-0.1, -0.05) is 23.2 Å². The second-order valence-corrected chi connectivity index (χ2v) is 7.53. The molecule has 2 amide bonds. The van der Waals surface area contributed by atoms with Gasteiger partial charge in [-0.2, -0.15) is 4.99 Å². The van der Waals surface area contributed by atoms with Gasteiger partial charge < -0.3 is 9.47 Å². The highest BCUT2D eigenvalue weighted by Gasteiger charge is 2.19. The number of rotatable bonds is 3. The molecule has 3 rings (SSSR count). The third kappa shape index (κ3) is 4.14. The number of halogens is 2. The highest BCUT2D eigenvalue weighted by Crippen LogP contribution is 2.22. The van der Waals surface area contributed by atoms with E-state index in [1.807, 2.05) is 17.2 Å². The van der Waals surface area contributed by atoms with E-state index in [0.717, 1.165) is 31.6 Å². The summed E-state index contributed by atoms with van der Waals surface area (Å²) in [5, 5.41) is 2.58. The van der Waals surface area contributed by atoms with Crippen LogP contribution >= 0.6 is 34.5 Å². The van der Waals surface area contributed by atoms with Crippen molar-refractivity contribution in [3.05, 3.63) is 49.7 Å². The molecule has 0 spiro atoms. The normalized spacial score (nSPS) is 15.0. The van der Waals surface area contributed by atoms with Crippen molar-refractivity contribution < 1.29 is 9.59 Å². The Morgan fingerprint density at radius 2 is 1.92 bits per heavy atom. The average Bonchev–Trinajstić information content (AvgIpc) is 3.22. The molecule has 1 fully saturated rings. The van der Waals surface area contributed by atoms with Crippen molar-refractivity contribution in [2.75, 3.05) is 13.1 Å². The van der Waals surface area contributed by atoms with Crippen molar-refractivity contribution in [1.29, 1.82) is 0 Å². The number of carbonyl (C=O) groups excluding carboxylic acids is 2. The maximum Gasteiger partial charge on any atom is 0.279 e. The largest absolute Gasteiger partial charge is 0.341 e. The molecule has 0 bridgehead atoms. The van der Waals surface area contributed by atoms with Gasteiger partial charge in [0, 0.05) is 29.7 Å². The van der Waals surface area contributed by atoms with Crippen LogP contribution in [0.3, 0.4) is 0 Å². The number of carbonyl (C=O) groups is 2. The Balaban J connectivity index is 1.86. The van der Waals surface area contributed by atoms with Crippen molar-refractivity contribution >= 4 is 46.4 Å². The maximum absolute atomic E-state index is 12.4. The van der Waals surface area contributed by atoms with Crippen molar-refractivity contribution in [2.45, 2.75) is 26.3 Å². The first-order chi connectivity index (χ1) is 12.0. The molecule has 0 saturated carbocycles. The SMILES string of the molecule is Cc1csc(=NC(=O)c2ccc(Cl)c(Cl)c2)n1CC(=O)N1CCCC1. The summed E-state index contributed by atoms with van der Waals surface area (Å²) >= 11 is 13.2. The number of likely N-dealkylation sites (tertiary alicyclic amines) is 1. The van der Waals surface area contributed by atoms with Crippen LogP contribution in [0.1, 0.15) is 28.9 Å². The first kappa shape index (κ1) is 18.2. The van der Waals surface area contributed by atoms with Crippen LogP contribution in [0.2, 0.25) is 10.0 Å². The van der Waals surface area contributed by atoms with Crippen LogP contribution in [-0.4, -0.2) is 34.4 Å². The average molecular weight is 398 g/mol. The fourth-order valence-electron chi connectivity index (χ4n) is 2.68. The summed E-state index contributed by atoms with van der Waals surface area (Å²) in [4.78, 5) is 31.3. The fourth-order valence-corrected chi connectivity index (χ4v) is 3.85. The van der Waals surface area contributed by atoms with Gasteiger partial charge in [-0.05, 0) is 38.0 Å². The van der Waals surface area contributed by atoms with E-state index in [-0.39, 0.29) is 12.5 Å². The quantitative estimate of drug-likeness (QED) is 0.795. The zero-order valence-corrected chi connectivity index (χ0v) is 16.0. The molecule has 1 aromatic carbocycles. The van der Waals surface area contributed by atoms with Gasteiger partial charge in [0.15, 0.2) is 4.80 Å². The number of aromatic nitrogens is 1. The second-order valence-electron chi connectivity index (χ2n) is 5.88. The molecule has 5 nitrogen and oxygen atoms in total. The first-order valence-corrected chi connectivity index (χ1v) is 9.56. The summed E-state index contributed by atoms with van der Waals surface area (Å²) in [5.74, 6) is -0.356. The van der Waals surface area contributed by atoms with Crippen LogP contribution in [-0.2, 0) is 11.3 Å². The molecule has 8 heteroatoms. The summed E-state index contributed by atoms with van der Waals surface area (Å²) in [6.45, 7) is 3.70. The highest BCUT2D eigenvalue weighted by molar-refractivity contribution is 7.07. The molecule has 1 aliphatic heterocycles. The van der Waals surface area contributed by atoms with E-state index in [4.69, 9.17) is 23.2 Å². The molecule has 1 saturated heterocycles. The number of amides is 2. The lowest BCUT2D eigenvalue weighted by Crippen LogP contribution is -2.34. The van der Waals surface area contributed by atoms with Gasteiger partial charge in [-0.25, -0.2) is 0 Å². The third-order valence-corrected chi connectivity index (χ3v) is 5.83. The third-order valence-electron chi connectivity index (χ3n) is 4.11. The molecular weight excluding hydrogens is 381 g/mol. The van der Waals surface area contributed by atoms with Crippen LogP contribution in [0.4, 0.5) is 0 Å². The zero-order chi connectivity index (χ0) is 18.0. The van der Waals surface area contributed by atoms with Gasteiger partial charge in [-0.3, -0.25) is 9.59 Å². The topological polar surface area (TPSA) is 54.7 Å². The lowest BCUT2D eigenvalue weighted by Gasteiger charge is -2.16. The molecule has 0 unspecified atom stereocenters. The molecule has 132 valence electrons. The Morgan fingerprint density at radius 1 is 1.20 bits per heavy atom. The summed E-state index contributed by atoms with van der Waals surface area (Å²) in [6.07, 6.45) is 2.10. The van der Waals surface area contributed by atoms with Gasteiger partial charge in [0.1, 0.15) is 6.54 Å². The Hall–Kier alpha value is -1.63. The van der Waals surface area contributed by atoms with Crippen LogP contribution in [0.25, 0.3) is 0 Å². The van der Waals surface area contributed by atoms with Gasteiger partial charge in [0.25, 0.3) is 5.91 Å². The summed E-state index contributed by atoms with van der Waals surface area (Å²) in [5.41, 5.74) is 1.26. The molecule has 1 aliphatic rings. The number of benzene rings is 1. The molecule has 1 aromatic heterocycles. The van der Waals surface area contributed by atoms with E-state index in [1.165, 1.54) is 17.4 Å². The smallest absolute Gasteiger partial charge is 0.279 e. The monoisotopic (exact) mass is 397 g/mol. The van der Waals surface area contributed by atoms with Crippen molar-refractivity contribution in [3.8, 4) is 0 Å². The van der Waals surface area contributed by atoms with E-state index < -0.39 is 5.91 Å². The zero-order valence-electron chi connectivity index (χ0n) is 13.7. The van der Waals surface area contributed by atoms with E-state index in [0.29, 0.717) is 20.4 Å². The molecule has 0 radical (unpaired) electrons. The molecular formula is C17H17Cl2N3O2S. The molecule has 0 N–H and O–H groups in total. The van der Waals surface area contributed by atoms with E-state index in [9.17, 15) is 9.59 Å². The minimum absolute atomic E-state index is 0.0578. The second kappa shape index (κ2) is 7.72. The van der Waals surface area contributed by atoms with Crippen molar-refractivity contribution in [2.24, 2.45) is 4.99 Å². The number of nitrogens with zero attached hydrogens (tertiary/aromatic N) is 3. The molecule has 0 atom stereocenters. The predicted molar refractivity (Wildman–Crippen MR) is 99.2 cm³/mol. The summed E-state index contributed by atoms with van der Waals surface area (Å²) in [7, 11) is 0. The van der Waals surface area contributed by atoms with Gasteiger partial charge in [-0.15, -0.1) is 11.3 Å². The lowest BCUT2D eigenvalue weighted by atomic mass is 10.2. The van der Waals surface area contributed by atoms with E-state index in [2.05, 4.69) is 4.99 Å². The van der Waals surface area contributed by atoms with Crippen LogP contribution in [0.15, 0.2) is 28.6 Å². The van der Waals surface area contributed by atoms with Crippen molar-refractivity contribution in [1.82, 2.24) is 9.47 Å². The van der Waals surface area contributed by atoms with Gasteiger partial charge in [0.2, 0.25) is 5.91 Å². The van der Waals surface area contributed by atoms with E-state index in [1.54, 1.807) is 16.7 Å². The van der Waals surface area contributed by atoms with Crippen LogP contribution in [0, 0.1) is 6.92 Å². The highest BCUT2D eigenvalue weighted by atomic mass is 35.5. The summed E-state index contributed by atoms with van der Waals surface area (Å²) in [6, 6.07) is 4.65. The fraction of sp³-hybridized carbons (Fsp3) is 0.353. The van der Waals surface area contributed by atoms with Crippen LogP contribution in [0.5, 0.6) is 0 Å². The first-order valence-electron chi connectivity index (χ1n) is 7.92. The molecule has 25 heavy (non-hydrogen) atoms. The molecule has 2 heterocycles. The number of hydrogen-bond donors (Lipinski definition) is 0. The standard InChI is InChI=1S/C17H17Cl2N3O2S/c1-11-10-25-17(22(11)9-15(23)21-6-2-3-7-21)20-16(24)12-4-5-13(18)14(19)8-12/h4-5,8,10H,2-3,6-7,9H2,1H3. The van der Waals surface area contributed by atoms with Gasteiger partial charge >= 0.3 is 0 Å². The Labute approximate surface area is 159 Å². The number of aryl methyl sites for hydroxylation is 1. The Morgan fingerprint density at radius 3 is 2.60 bits per heavy atom.